The number of hydrogen-bond acceptors (Lipinski definition) is 4. The Morgan fingerprint density at radius 2 is 2.18 bits per heavy atom. The van der Waals surface area contributed by atoms with Crippen molar-refractivity contribution in [2.24, 2.45) is 11.1 Å². The van der Waals surface area contributed by atoms with Crippen LogP contribution in [0.4, 0.5) is 5.13 Å². The molecule has 1 heterocycles. The molecule has 0 fully saturated rings. The van der Waals surface area contributed by atoms with Gasteiger partial charge in [0.25, 0.3) is 0 Å². The van der Waals surface area contributed by atoms with Crippen LogP contribution in [0.25, 0.3) is 0 Å². The molecule has 1 aromatic heterocycles. The summed E-state index contributed by atoms with van der Waals surface area (Å²) in [5, 5.41) is 5.27. The fourth-order valence-electron chi connectivity index (χ4n) is 1.66. The SMILES string of the molecule is CCC(CC)(C(=O)Nc1nc(C)cs1)C(N)=S. The van der Waals surface area contributed by atoms with Gasteiger partial charge in [-0.05, 0) is 19.8 Å². The van der Waals surface area contributed by atoms with Gasteiger partial charge in [0.2, 0.25) is 5.91 Å². The summed E-state index contributed by atoms with van der Waals surface area (Å²) in [6.07, 6.45) is 1.18. The normalized spacial score (nSPS) is 11.2. The lowest BCUT2D eigenvalue weighted by atomic mass is 9.81. The maximum atomic E-state index is 12.2. The number of thiazole rings is 1. The van der Waals surface area contributed by atoms with Crippen molar-refractivity contribution in [3.05, 3.63) is 11.1 Å². The largest absolute Gasteiger partial charge is 0.392 e. The summed E-state index contributed by atoms with van der Waals surface area (Å²) in [6, 6.07) is 0. The Bertz CT molecular complexity index is 424. The summed E-state index contributed by atoms with van der Waals surface area (Å²) in [5.74, 6) is -0.163. The second-order valence-corrected chi connectivity index (χ2v) is 5.20. The quantitative estimate of drug-likeness (QED) is 0.807. The number of amides is 1. The van der Waals surface area contributed by atoms with E-state index in [2.05, 4.69) is 10.3 Å². The van der Waals surface area contributed by atoms with Crippen molar-refractivity contribution in [1.29, 1.82) is 0 Å². The number of aromatic nitrogens is 1. The summed E-state index contributed by atoms with van der Waals surface area (Å²) < 4.78 is 0. The molecule has 1 aromatic rings. The van der Waals surface area contributed by atoms with Gasteiger partial charge in [-0.2, -0.15) is 0 Å². The van der Waals surface area contributed by atoms with E-state index in [0.29, 0.717) is 18.0 Å². The molecule has 0 aliphatic rings. The number of nitrogens with zero attached hydrogens (tertiary/aromatic N) is 1. The monoisotopic (exact) mass is 271 g/mol. The number of rotatable bonds is 5. The Balaban J connectivity index is 2.90. The summed E-state index contributed by atoms with van der Waals surface area (Å²) in [5.41, 5.74) is 5.83. The van der Waals surface area contributed by atoms with Crippen LogP contribution in [0.3, 0.4) is 0 Å². The Labute approximate surface area is 111 Å². The third-order valence-corrected chi connectivity index (χ3v) is 4.22. The third kappa shape index (κ3) is 2.81. The molecular formula is C11H17N3OS2. The Morgan fingerprint density at radius 1 is 1.59 bits per heavy atom. The number of nitrogens with one attached hydrogen (secondary N) is 1. The smallest absolute Gasteiger partial charge is 0.239 e. The van der Waals surface area contributed by atoms with Gasteiger partial charge >= 0.3 is 0 Å². The molecular weight excluding hydrogens is 254 g/mol. The number of aryl methyl sites for hydroxylation is 1. The first-order chi connectivity index (χ1) is 7.96. The topological polar surface area (TPSA) is 68.0 Å². The molecule has 0 aliphatic heterocycles. The zero-order valence-corrected chi connectivity index (χ0v) is 11.9. The fourth-order valence-corrected chi connectivity index (χ4v) is 2.72. The van der Waals surface area contributed by atoms with Crippen LogP contribution >= 0.6 is 23.6 Å². The first-order valence-corrected chi connectivity index (χ1v) is 6.78. The van der Waals surface area contributed by atoms with Crippen molar-refractivity contribution in [2.45, 2.75) is 33.6 Å². The van der Waals surface area contributed by atoms with Crippen molar-refractivity contribution < 1.29 is 4.79 Å². The number of carbonyl (C=O) groups is 1. The van der Waals surface area contributed by atoms with Crippen LogP contribution in [0.5, 0.6) is 0 Å². The van der Waals surface area contributed by atoms with Gasteiger partial charge in [0, 0.05) is 5.38 Å². The second-order valence-electron chi connectivity index (χ2n) is 3.90. The molecule has 0 unspecified atom stereocenters. The number of anilines is 1. The number of thiocarbonyl (C=S) groups is 1. The molecule has 0 spiro atoms. The van der Waals surface area contributed by atoms with Crippen molar-refractivity contribution in [3.8, 4) is 0 Å². The average molecular weight is 271 g/mol. The summed E-state index contributed by atoms with van der Waals surface area (Å²) in [4.78, 5) is 16.7. The van der Waals surface area contributed by atoms with Gasteiger partial charge in [-0.25, -0.2) is 4.98 Å². The minimum absolute atomic E-state index is 0.163. The summed E-state index contributed by atoms with van der Waals surface area (Å²) in [6.45, 7) is 5.71. The summed E-state index contributed by atoms with van der Waals surface area (Å²) in [7, 11) is 0. The van der Waals surface area contributed by atoms with E-state index in [0.717, 1.165) is 5.69 Å². The molecule has 0 saturated heterocycles. The maximum absolute atomic E-state index is 12.2. The van der Waals surface area contributed by atoms with Gasteiger partial charge in [0.15, 0.2) is 5.13 Å². The highest BCUT2D eigenvalue weighted by Crippen LogP contribution is 2.29. The molecule has 0 saturated carbocycles. The van der Waals surface area contributed by atoms with Gasteiger partial charge in [-0.3, -0.25) is 4.79 Å². The number of nitrogens with two attached hydrogens (primary N) is 1. The van der Waals surface area contributed by atoms with E-state index in [1.54, 1.807) is 0 Å². The Kier molecular flexibility index (Phi) is 4.59. The maximum Gasteiger partial charge on any atom is 0.239 e. The summed E-state index contributed by atoms with van der Waals surface area (Å²) >= 11 is 6.42. The van der Waals surface area contributed by atoms with E-state index in [4.69, 9.17) is 18.0 Å². The second kappa shape index (κ2) is 5.55. The highest BCUT2D eigenvalue weighted by Gasteiger charge is 2.38. The van der Waals surface area contributed by atoms with Gasteiger partial charge in [0.05, 0.1) is 16.1 Å². The van der Waals surface area contributed by atoms with E-state index in [9.17, 15) is 4.79 Å². The van der Waals surface area contributed by atoms with Crippen molar-refractivity contribution in [2.75, 3.05) is 5.32 Å². The van der Waals surface area contributed by atoms with Crippen LogP contribution in [-0.4, -0.2) is 15.9 Å². The molecule has 94 valence electrons. The lowest BCUT2D eigenvalue weighted by Gasteiger charge is -2.28. The Hall–Kier alpha value is -1.01. The molecule has 0 bridgehead atoms. The third-order valence-electron chi connectivity index (χ3n) is 2.95. The van der Waals surface area contributed by atoms with E-state index in [1.165, 1.54) is 11.3 Å². The van der Waals surface area contributed by atoms with E-state index in [-0.39, 0.29) is 10.9 Å². The first-order valence-electron chi connectivity index (χ1n) is 5.49. The van der Waals surface area contributed by atoms with Crippen LogP contribution in [0.1, 0.15) is 32.4 Å². The van der Waals surface area contributed by atoms with Crippen molar-refractivity contribution in [1.82, 2.24) is 4.98 Å². The van der Waals surface area contributed by atoms with Gasteiger partial charge < -0.3 is 11.1 Å². The molecule has 17 heavy (non-hydrogen) atoms. The lowest BCUT2D eigenvalue weighted by molar-refractivity contribution is -0.122. The zero-order valence-electron chi connectivity index (χ0n) is 10.2. The minimum Gasteiger partial charge on any atom is -0.392 e. The predicted molar refractivity (Wildman–Crippen MR) is 75.3 cm³/mol. The highest BCUT2D eigenvalue weighted by molar-refractivity contribution is 7.80. The predicted octanol–water partition coefficient (Wildman–Crippen LogP) is 2.48. The Morgan fingerprint density at radius 3 is 2.53 bits per heavy atom. The minimum atomic E-state index is -0.769. The zero-order chi connectivity index (χ0) is 13.1. The fraction of sp³-hybridized carbons (Fsp3) is 0.545. The van der Waals surface area contributed by atoms with Gasteiger partial charge in [0.1, 0.15) is 0 Å². The van der Waals surface area contributed by atoms with Crippen molar-refractivity contribution >= 4 is 39.6 Å². The molecule has 6 heteroatoms. The molecule has 4 nitrogen and oxygen atoms in total. The standard InChI is InChI=1S/C11H17N3OS2/c1-4-11(5-2,8(12)16)9(15)14-10-13-7(3)6-17-10/h6H,4-5H2,1-3H3,(H2,12,16)(H,13,14,15). The van der Waals surface area contributed by atoms with Crippen LogP contribution in [0.2, 0.25) is 0 Å². The molecule has 3 N–H and O–H groups in total. The van der Waals surface area contributed by atoms with E-state index >= 15 is 0 Å². The van der Waals surface area contributed by atoms with Crippen LogP contribution in [0, 0.1) is 12.3 Å². The van der Waals surface area contributed by atoms with Crippen LogP contribution < -0.4 is 11.1 Å². The molecule has 0 atom stereocenters. The molecule has 1 rings (SSSR count). The average Bonchev–Trinajstić information content (AvgIpc) is 2.66. The van der Waals surface area contributed by atoms with Crippen molar-refractivity contribution in [3.63, 3.8) is 0 Å². The highest BCUT2D eigenvalue weighted by atomic mass is 32.1. The first kappa shape index (κ1) is 14.1. The van der Waals surface area contributed by atoms with E-state index in [1.807, 2.05) is 26.2 Å². The molecule has 0 aromatic carbocycles. The molecule has 0 radical (unpaired) electrons. The molecule has 0 aliphatic carbocycles. The van der Waals surface area contributed by atoms with E-state index < -0.39 is 5.41 Å². The lowest BCUT2D eigenvalue weighted by Crippen LogP contribution is -2.45. The van der Waals surface area contributed by atoms with Gasteiger partial charge in [-0.15, -0.1) is 11.3 Å². The van der Waals surface area contributed by atoms with Crippen LogP contribution in [-0.2, 0) is 4.79 Å². The number of carbonyl (C=O) groups excluding carboxylic acids is 1. The van der Waals surface area contributed by atoms with Gasteiger partial charge in [-0.1, -0.05) is 26.1 Å². The number of hydrogen-bond donors (Lipinski definition) is 2. The molecule has 1 amide bonds. The van der Waals surface area contributed by atoms with Crippen LogP contribution in [0.15, 0.2) is 5.38 Å².